The fraction of sp³-hybridized carbons (Fsp3) is 0.250. The van der Waals surface area contributed by atoms with Crippen LogP contribution in [0.15, 0.2) is 42.5 Å². The Morgan fingerprint density at radius 3 is 2.65 bits per heavy atom. The summed E-state index contributed by atoms with van der Waals surface area (Å²) < 4.78 is 0. The molecule has 2 aromatic carbocycles. The summed E-state index contributed by atoms with van der Waals surface area (Å²) in [5, 5.41) is 3.43. The number of benzene rings is 2. The number of anilines is 1. The van der Waals surface area contributed by atoms with Crippen LogP contribution in [-0.4, -0.2) is 6.54 Å². The highest BCUT2D eigenvalue weighted by atomic mass is 14.9. The molecule has 0 aliphatic carbocycles. The number of rotatable bonds is 2. The van der Waals surface area contributed by atoms with Crippen LogP contribution in [0.4, 0.5) is 5.69 Å². The lowest BCUT2D eigenvalue weighted by Crippen LogP contribution is -1.90. The highest BCUT2D eigenvalue weighted by Crippen LogP contribution is 2.32. The zero-order valence-corrected chi connectivity index (χ0v) is 10.2. The smallest absolute Gasteiger partial charge is 0.0379 e. The van der Waals surface area contributed by atoms with E-state index in [0.29, 0.717) is 0 Å². The largest absolute Gasteiger partial charge is 0.384 e. The second kappa shape index (κ2) is 4.25. The number of aryl methyl sites for hydroxylation is 1. The van der Waals surface area contributed by atoms with Crippen LogP contribution in [0.3, 0.4) is 0 Å². The fourth-order valence-corrected chi connectivity index (χ4v) is 2.53. The van der Waals surface area contributed by atoms with Crippen LogP contribution in [0, 0.1) is 0 Å². The molecule has 1 heterocycles. The molecule has 2 aromatic rings. The minimum absolute atomic E-state index is 1.07. The molecular weight excluding hydrogens is 206 g/mol. The average Bonchev–Trinajstić information content (AvgIpc) is 2.87. The van der Waals surface area contributed by atoms with E-state index < -0.39 is 0 Å². The van der Waals surface area contributed by atoms with Gasteiger partial charge in [0.05, 0.1) is 0 Å². The summed E-state index contributed by atoms with van der Waals surface area (Å²) in [5.74, 6) is 0. The molecule has 0 amide bonds. The molecule has 1 aliphatic rings. The molecule has 1 N–H and O–H groups in total. The molecule has 0 radical (unpaired) electrons. The SMILES string of the molecule is CCc1ccc(-c2cccc3c2CCN3)cc1. The second-order valence-electron chi connectivity index (χ2n) is 4.56. The van der Waals surface area contributed by atoms with Gasteiger partial charge in [0.2, 0.25) is 0 Å². The number of hydrogen-bond acceptors (Lipinski definition) is 1. The third-order valence-electron chi connectivity index (χ3n) is 3.54. The first-order valence-corrected chi connectivity index (χ1v) is 6.33. The number of nitrogens with one attached hydrogen (secondary N) is 1. The van der Waals surface area contributed by atoms with E-state index in [1.807, 2.05) is 0 Å². The Morgan fingerprint density at radius 1 is 1.06 bits per heavy atom. The molecule has 1 aliphatic heterocycles. The Balaban J connectivity index is 2.06. The van der Waals surface area contributed by atoms with E-state index in [9.17, 15) is 0 Å². The standard InChI is InChI=1S/C16H17N/c1-2-12-6-8-13(9-7-12)14-4-3-5-16-15(14)10-11-17-16/h3-9,17H,2,10-11H2,1H3. The average molecular weight is 223 g/mol. The molecule has 1 nitrogen and oxygen atoms in total. The van der Waals surface area contributed by atoms with Crippen LogP contribution in [0.1, 0.15) is 18.1 Å². The van der Waals surface area contributed by atoms with E-state index in [2.05, 4.69) is 54.7 Å². The summed E-state index contributed by atoms with van der Waals surface area (Å²) in [5.41, 5.74) is 6.90. The molecule has 86 valence electrons. The predicted molar refractivity (Wildman–Crippen MR) is 73.4 cm³/mol. The van der Waals surface area contributed by atoms with Crippen molar-refractivity contribution in [3.8, 4) is 11.1 Å². The summed E-state index contributed by atoms with van der Waals surface area (Å²) in [6, 6.07) is 15.5. The van der Waals surface area contributed by atoms with Gasteiger partial charge in [-0.2, -0.15) is 0 Å². The van der Waals surface area contributed by atoms with Crippen LogP contribution in [0.25, 0.3) is 11.1 Å². The van der Waals surface area contributed by atoms with Gasteiger partial charge in [0.1, 0.15) is 0 Å². The lowest BCUT2D eigenvalue weighted by molar-refractivity contribution is 1.11. The molecule has 17 heavy (non-hydrogen) atoms. The molecule has 0 unspecified atom stereocenters. The summed E-state index contributed by atoms with van der Waals surface area (Å²) >= 11 is 0. The molecule has 0 spiro atoms. The Labute approximate surface area is 102 Å². The summed E-state index contributed by atoms with van der Waals surface area (Å²) in [4.78, 5) is 0. The summed E-state index contributed by atoms with van der Waals surface area (Å²) in [7, 11) is 0. The molecule has 0 bridgehead atoms. The van der Waals surface area contributed by atoms with Crippen molar-refractivity contribution < 1.29 is 0 Å². The predicted octanol–water partition coefficient (Wildman–Crippen LogP) is 3.88. The van der Waals surface area contributed by atoms with Gasteiger partial charge < -0.3 is 5.32 Å². The maximum absolute atomic E-state index is 3.43. The van der Waals surface area contributed by atoms with E-state index >= 15 is 0 Å². The first kappa shape index (κ1) is 10.4. The van der Waals surface area contributed by atoms with Gasteiger partial charge >= 0.3 is 0 Å². The lowest BCUT2D eigenvalue weighted by atomic mass is 9.97. The van der Waals surface area contributed by atoms with E-state index in [4.69, 9.17) is 0 Å². The molecule has 0 saturated carbocycles. The van der Waals surface area contributed by atoms with Crippen molar-refractivity contribution >= 4 is 5.69 Å². The van der Waals surface area contributed by atoms with E-state index in [-0.39, 0.29) is 0 Å². The first-order valence-electron chi connectivity index (χ1n) is 6.33. The van der Waals surface area contributed by atoms with Crippen LogP contribution in [0.5, 0.6) is 0 Å². The minimum atomic E-state index is 1.07. The zero-order chi connectivity index (χ0) is 11.7. The number of fused-ring (bicyclic) bond motifs is 1. The van der Waals surface area contributed by atoms with Crippen LogP contribution < -0.4 is 5.32 Å². The third-order valence-corrected chi connectivity index (χ3v) is 3.54. The Hall–Kier alpha value is -1.76. The van der Waals surface area contributed by atoms with Gasteiger partial charge in [-0.1, -0.05) is 43.3 Å². The van der Waals surface area contributed by atoms with E-state index in [1.165, 1.54) is 27.9 Å². The molecule has 3 rings (SSSR count). The van der Waals surface area contributed by atoms with Gasteiger partial charge in [0.25, 0.3) is 0 Å². The van der Waals surface area contributed by atoms with Crippen LogP contribution >= 0.6 is 0 Å². The van der Waals surface area contributed by atoms with Crippen molar-refractivity contribution in [3.63, 3.8) is 0 Å². The third kappa shape index (κ3) is 1.82. The maximum atomic E-state index is 3.43. The topological polar surface area (TPSA) is 12.0 Å². The Kier molecular flexibility index (Phi) is 2.60. The number of hydrogen-bond donors (Lipinski definition) is 1. The maximum Gasteiger partial charge on any atom is 0.0379 e. The van der Waals surface area contributed by atoms with Gasteiger partial charge in [-0.05, 0) is 41.2 Å². The van der Waals surface area contributed by atoms with Crippen molar-refractivity contribution in [2.75, 3.05) is 11.9 Å². The first-order chi connectivity index (χ1) is 8.38. The monoisotopic (exact) mass is 223 g/mol. The summed E-state index contributed by atoms with van der Waals surface area (Å²) in [6.07, 6.45) is 2.25. The highest BCUT2D eigenvalue weighted by molar-refractivity contribution is 5.75. The molecule has 0 atom stereocenters. The van der Waals surface area contributed by atoms with Gasteiger partial charge in [-0.15, -0.1) is 0 Å². The van der Waals surface area contributed by atoms with Crippen LogP contribution in [0.2, 0.25) is 0 Å². The molecule has 0 saturated heterocycles. The van der Waals surface area contributed by atoms with E-state index in [1.54, 1.807) is 0 Å². The highest BCUT2D eigenvalue weighted by Gasteiger charge is 2.14. The summed E-state index contributed by atoms with van der Waals surface area (Å²) in [6.45, 7) is 3.26. The quantitative estimate of drug-likeness (QED) is 0.814. The van der Waals surface area contributed by atoms with Crippen molar-refractivity contribution in [1.29, 1.82) is 0 Å². The second-order valence-corrected chi connectivity index (χ2v) is 4.56. The van der Waals surface area contributed by atoms with Gasteiger partial charge in [0.15, 0.2) is 0 Å². The molecular formula is C16H17N. The lowest BCUT2D eigenvalue weighted by Gasteiger charge is -2.08. The van der Waals surface area contributed by atoms with Gasteiger partial charge in [-0.25, -0.2) is 0 Å². The van der Waals surface area contributed by atoms with Crippen molar-refractivity contribution in [2.45, 2.75) is 19.8 Å². The van der Waals surface area contributed by atoms with Crippen molar-refractivity contribution in [1.82, 2.24) is 0 Å². The minimum Gasteiger partial charge on any atom is -0.384 e. The zero-order valence-electron chi connectivity index (χ0n) is 10.2. The van der Waals surface area contributed by atoms with Crippen LogP contribution in [-0.2, 0) is 12.8 Å². The van der Waals surface area contributed by atoms with Gasteiger partial charge in [-0.3, -0.25) is 0 Å². The van der Waals surface area contributed by atoms with Crippen molar-refractivity contribution in [2.24, 2.45) is 0 Å². The Morgan fingerprint density at radius 2 is 1.88 bits per heavy atom. The normalized spacial score (nSPS) is 13.2. The Bertz CT molecular complexity index is 526. The molecule has 1 heteroatoms. The van der Waals surface area contributed by atoms with E-state index in [0.717, 1.165) is 19.4 Å². The molecule has 0 aromatic heterocycles. The fourth-order valence-electron chi connectivity index (χ4n) is 2.53. The van der Waals surface area contributed by atoms with Crippen molar-refractivity contribution in [3.05, 3.63) is 53.6 Å². The van der Waals surface area contributed by atoms with Gasteiger partial charge in [0, 0.05) is 12.2 Å². The molecule has 0 fully saturated rings.